The highest BCUT2D eigenvalue weighted by atomic mass is 79.9. The first-order valence-electron chi connectivity index (χ1n) is 13.4. The normalized spacial score (nSPS) is 24.5. The molecular formula is C36H28Br2N2. The molecular weight excluding hydrogens is 620 g/mol. The minimum absolute atomic E-state index is 0.108. The van der Waals surface area contributed by atoms with Gasteiger partial charge in [-0.25, -0.2) is 0 Å². The third kappa shape index (κ3) is 6.89. The van der Waals surface area contributed by atoms with Gasteiger partial charge < -0.3 is 0 Å². The van der Waals surface area contributed by atoms with Crippen LogP contribution in [0.5, 0.6) is 0 Å². The zero-order valence-electron chi connectivity index (χ0n) is 21.8. The SMILES string of the molecule is N#C[C@H]1[C@H](/C=C/c2ccccc2)[C@@H]1c1ccc(Br)cc1.N#C[C@H]1[C@H](/C=C/c2ccccc2)[C@@H]1c1ccc(Br)cc1. The Morgan fingerprint density at radius 1 is 0.500 bits per heavy atom. The van der Waals surface area contributed by atoms with Crippen molar-refractivity contribution in [2.24, 2.45) is 23.7 Å². The molecule has 0 radical (unpaired) electrons. The summed E-state index contributed by atoms with van der Waals surface area (Å²) in [7, 11) is 0. The van der Waals surface area contributed by atoms with Crippen molar-refractivity contribution in [3.8, 4) is 12.1 Å². The second-order valence-electron chi connectivity index (χ2n) is 10.2. The van der Waals surface area contributed by atoms with Crippen LogP contribution in [0.3, 0.4) is 0 Å². The molecule has 0 amide bonds. The summed E-state index contributed by atoms with van der Waals surface area (Å²) < 4.78 is 2.15. The van der Waals surface area contributed by atoms with E-state index < -0.39 is 0 Å². The molecule has 6 atom stereocenters. The molecule has 2 nitrogen and oxygen atoms in total. The topological polar surface area (TPSA) is 47.6 Å². The van der Waals surface area contributed by atoms with Gasteiger partial charge in [0.1, 0.15) is 0 Å². The van der Waals surface area contributed by atoms with Crippen LogP contribution in [0.2, 0.25) is 0 Å². The van der Waals surface area contributed by atoms with Crippen LogP contribution in [-0.4, -0.2) is 0 Å². The Bertz CT molecular complexity index is 1430. The lowest BCUT2D eigenvalue weighted by Crippen LogP contribution is -1.81. The van der Waals surface area contributed by atoms with E-state index in [4.69, 9.17) is 0 Å². The lowest BCUT2D eigenvalue weighted by Gasteiger charge is -1.98. The maximum atomic E-state index is 9.27. The number of hydrogen-bond acceptors (Lipinski definition) is 2. The van der Waals surface area contributed by atoms with Crippen molar-refractivity contribution in [1.82, 2.24) is 0 Å². The molecule has 0 saturated heterocycles. The number of rotatable bonds is 6. The molecule has 196 valence electrons. The van der Waals surface area contributed by atoms with Crippen molar-refractivity contribution in [2.45, 2.75) is 11.8 Å². The molecule has 4 aromatic carbocycles. The van der Waals surface area contributed by atoms with Gasteiger partial charge in [0.15, 0.2) is 0 Å². The van der Waals surface area contributed by atoms with Crippen LogP contribution in [0.1, 0.15) is 34.1 Å². The quantitative estimate of drug-likeness (QED) is 0.209. The van der Waals surface area contributed by atoms with Crippen molar-refractivity contribution >= 4 is 44.0 Å². The van der Waals surface area contributed by atoms with Crippen LogP contribution in [0.15, 0.2) is 130 Å². The van der Waals surface area contributed by atoms with E-state index in [1.165, 1.54) is 22.3 Å². The molecule has 0 aromatic heterocycles. The molecule has 4 heteroatoms. The Hall–Kier alpha value is -3.70. The van der Waals surface area contributed by atoms with Crippen LogP contribution in [0.25, 0.3) is 12.2 Å². The average Bonchev–Trinajstić information content (AvgIpc) is 3.90. The summed E-state index contributed by atoms with van der Waals surface area (Å²) >= 11 is 6.89. The molecule has 2 saturated carbocycles. The third-order valence-corrected chi connectivity index (χ3v) is 8.64. The van der Waals surface area contributed by atoms with E-state index in [0.29, 0.717) is 23.7 Å². The Morgan fingerprint density at radius 2 is 0.850 bits per heavy atom. The first-order chi connectivity index (χ1) is 19.6. The van der Waals surface area contributed by atoms with Crippen LogP contribution < -0.4 is 0 Å². The van der Waals surface area contributed by atoms with Crippen LogP contribution in [0, 0.1) is 46.3 Å². The van der Waals surface area contributed by atoms with Gasteiger partial charge in [0, 0.05) is 32.6 Å². The highest BCUT2D eigenvalue weighted by Crippen LogP contribution is 2.55. The fourth-order valence-electron chi connectivity index (χ4n) is 5.28. The van der Waals surface area contributed by atoms with Gasteiger partial charge >= 0.3 is 0 Å². The molecule has 0 spiro atoms. The Morgan fingerprint density at radius 3 is 1.18 bits per heavy atom. The number of benzene rings is 4. The third-order valence-electron chi connectivity index (χ3n) is 7.58. The van der Waals surface area contributed by atoms with Crippen molar-refractivity contribution in [1.29, 1.82) is 10.5 Å². The molecule has 4 aromatic rings. The Labute approximate surface area is 253 Å². The summed E-state index contributed by atoms with van der Waals surface area (Å²) in [4.78, 5) is 0. The number of nitrogens with zero attached hydrogens (tertiary/aromatic N) is 2. The summed E-state index contributed by atoms with van der Waals surface area (Å²) in [5, 5.41) is 18.5. The minimum Gasteiger partial charge on any atom is -0.198 e. The average molecular weight is 648 g/mol. The number of halogens is 2. The van der Waals surface area contributed by atoms with Crippen LogP contribution >= 0.6 is 31.9 Å². The molecule has 2 aliphatic carbocycles. The molecule has 0 N–H and O–H groups in total. The van der Waals surface area contributed by atoms with Gasteiger partial charge in [-0.05, 0) is 46.5 Å². The fourth-order valence-corrected chi connectivity index (χ4v) is 5.81. The summed E-state index contributed by atoms with van der Waals surface area (Å²) in [6.07, 6.45) is 8.59. The predicted octanol–water partition coefficient (Wildman–Crippen LogP) is 10.0. The van der Waals surface area contributed by atoms with Gasteiger partial charge in [0.05, 0.1) is 24.0 Å². The van der Waals surface area contributed by atoms with E-state index in [1.807, 2.05) is 60.7 Å². The lowest BCUT2D eigenvalue weighted by molar-refractivity contribution is 1.01. The minimum atomic E-state index is 0.108. The van der Waals surface area contributed by atoms with Gasteiger partial charge in [-0.3, -0.25) is 0 Å². The van der Waals surface area contributed by atoms with Crippen molar-refractivity contribution in [3.05, 3.63) is 153 Å². The van der Waals surface area contributed by atoms with Gasteiger partial charge in [0.2, 0.25) is 0 Å². The zero-order chi connectivity index (χ0) is 27.9. The lowest BCUT2D eigenvalue weighted by atomic mass is 10.1. The summed E-state index contributed by atoms with van der Waals surface area (Å²) in [6, 6.07) is 41.9. The second-order valence-corrected chi connectivity index (χ2v) is 12.0. The molecule has 6 rings (SSSR count). The van der Waals surface area contributed by atoms with E-state index in [1.54, 1.807) is 0 Å². The molecule has 0 bridgehead atoms. The number of hydrogen-bond donors (Lipinski definition) is 0. The van der Waals surface area contributed by atoms with Crippen LogP contribution in [-0.2, 0) is 0 Å². The van der Waals surface area contributed by atoms with Crippen molar-refractivity contribution < 1.29 is 0 Å². The van der Waals surface area contributed by atoms with E-state index in [0.717, 1.165) is 8.95 Å². The largest absolute Gasteiger partial charge is 0.198 e. The van der Waals surface area contributed by atoms with Gasteiger partial charge in [-0.2, -0.15) is 10.5 Å². The first kappa shape index (κ1) is 27.9. The summed E-state index contributed by atoms with van der Waals surface area (Å²) in [6.45, 7) is 0. The monoisotopic (exact) mass is 646 g/mol. The second kappa shape index (κ2) is 13.1. The maximum Gasteiger partial charge on any atom is 0.0668 e. The van der Waals surface area contributed by atoms with Crippen LogP contribution in [0.4, 0.5) is 0 Å². The summed E-state index contributed by atoms with van der Waals surface area (Å²) in [5.74, 6) is 1.57. The molecule has 2 fully saturated rings. The molecule has 2 aliphatic rings. The molecule has 0 aliphatic heterocycles. The van der Waals surface area contributed by atoms with E-state index >= 15 is 0 Å². The summed E-state index contributed by atoms with van der Waals surface area (Å²) in [5.41, 5.74) is 4.88. The van der Waals surface area contributed by atoms with E-state index in [-0.39, 0.29) is 11.8 Å². The van der Waals surface area contributed by atoms with Crippen molar-refractivity contribution in [2.75, 3.05) is 0 Å². The number of nitriles is 2. The predicted molar refractivity (Wildman–Crippen MR) is 170 cm³/mol. The molecule has 0 heterocycles. The standard InChI is InChI=1S/2C18H14BrN/c2*19-15-9-7-14(8-10-15)18-16(17(18)12-20)11-6-13-4-2-1-3-5-13/h2*1-11,16-18H/b2*11-6+/t2*16-,17-,18-/m00/s1. The fraction of sp³-hybridized carbons (Fsp3) is 0.167. The maximum absolute atomic E-state index is 9.27. The highest BCUT2D eigenvalue weighted by molar-refractivity contribution is 9.10. The Balaban J connectivity index is 0.000000161. The van der Waals surface area contributed by atoms with Gasteiger partial charge in [0.25, 0.3) is 0 Å². The first-order valence-corrected chi connectivity index (χ1v) is 14.9. The number of allylic oxidation sites excluding steroid dienone is 2. The zero-order valence-corrected chi connectivity index (χ0v) is 25.0. The smallest absolute Gasteiger partial charge is 0.0668 e. The van der Waals surface area contributed by atoms with E-state index in [2.05, 4.69) is 117 Å². The van der Waals surface area contributed by atoms with Crippen molar-refractivity contribution in [3.63, 3.8) is 0 Å². The van der Waals surface area contributed by atoms with E-state index in [9.17, 15) is 10.5 Å². The van der Waals surface area contributed by atoms with Gasteiger partial charge in [-0.15, -0.1) is 0 Å². The van der Waals surface area contributed by atoms with Gasteiger partial charge in [-0.1, -0.05) is 141 Å². The molecule has 0 unspecified atom stereocenters. The highest BCUT2D eigenvalue weighted by Gasteiger charge is 2.50. The molecule has 40 heavy (non-hydrogen) atoms. The Kier molecular flexibility index (Phi) is 9.12.